The average Bonchev–Trinajstić information content (AvgIpc) is 2.57. The monoisotopic (exact) mass is 220 g/mol. The van der Waals surface area contributed by atoms with Gasteiger partial charge in [0.05, 0.1) is 5.56 Å². The van der Waals surface area contributed by atoms with E-state index in [0.717, 1.165) is 25.9 Å². The van der Waals surface area contributed by atoms with Crippen LogP contribution in [0.1, 0.15) is 29.6 Å². The maximum Gasteiger partial charge on any atom is 0.252 e. The molecule has 1 saturated heterocycles. The Morgan fingerprint density at radius 3 is 3.12 bits per heavy atom. The van der Waals surface area contributed by atoms with Crippen LogP contribution in [0.25, 0.3) is 0 Å². The highest BCUT2D eigenvalue weighted by molar-refractivity contribution is 5.97. The van der Waals surface area contributed by atoms with Crippen LogP contribution in [0.3, 0.4) is 0 Å². The second-order valence-corrected chi connectivity index (χ2v) is 3.86. The van der Waals surface area contributed by atoms with Gasteiger partial charge in [-0.25, -0.2) is 10.4 Å². The van der Waals surface area contributed by atoms with E-state index in [1.807, 2.05) is 5.01 Å². The highest BCUT2D eigenvalue weighted by Gasteiger charge is 2.16. The Bertz CT molecular complexity index is 372. The molecule has 16 heavy (non-hydrogen) atoms. The summed E-state index contributed by atoms with van der Waals surface area (Å²) >= 11 is 0. The van der Waals surface area contributed by atoms with Crippen molar-refractivity contribution in [2.45, 2.75) is 19.3 Å². The molecule has 86 valence electrons. The number of nitrogens with one attached hydrogen (secondary N) is 1. The summed E-state index contributed by atoms with van der Waals surface area (Å²) in [7, 11) is 0. The molecule has 2 rings (SSSR count). The van der Waals surface area contributed by atoms with Crippen molar-refractivity contribution in [1.29, 1.82) is 0 Å². The molecule has 1 aromatic rings. The van der Waals surface area contributed by atoms with Gasteiger partial charge in [-0.3, -0.25) is 9.80 Å². The average molecular weight is 220 g/mol. The van der Waals surface area contributed by atoms with E-state index < -0.39 is 5.91 Å². The van der Waals surface area contributed by atoms with Crippen molar-refractivity contribution in [1.82, 2.24) is 10.4 Å². The Morgan fingerprint density at radius 1 is 1.44 bits per heavy atom. The molecule has 1 aliphatic rings. The third-order valence-corrected chi connectivity index (χ3v) is 2.67. The Balaban J connectivity index is 2.27. The lowest BCUT2D eigenvalue weighted by atomic mass is 10.2. The van der Waals surface area contributed by atoms with E-state index in [0.29, 0.717) is 11.4 Å². The summed E-state index contributed by atoms with van der Waals surface area (Å²) in [6.45, 7) is 1.77. The van der Waals surface area contributed by atoms with Gasteiger partial charge < -0.3 is 5.73 Å². The summed E-state index contributed by atoms with van der Waals surface area (Å²) in [4.78, 5) is 15.5. The molecule has 0 unspecified atom stereocenters. The van der Waals surface area contributed by atoms with Crippen molar-refractivity contribution in [2.75, 3.05) is 18.1 Å². The van der Waals surface area contributed by atoms with Crippen molar-refractivity contribution in [2.24, 2.45) is 5.73 Å². The van der Waals surface area contributed by atoms with Gasteiger partial charge in [-0.2, -0.15) is 0 Å². The summed E-state index contributed by atoms with van der Waals surface area (Å²) in [6.07, 6.45) is 5.12. The van der Waals surface area contributed by atoms with Gasteiger partial charge in [0.25, 0.3) is 5.91 Å². The highest BCUT2D eigenvalue weighted by atomic mass is 16.1. The molecular formula is C11H16N4O. The number of hydrogen-bond donors (Lipinski definition) is 2. The largest absolute Gasteiger partial charge is 0.365 e. The molecule has 0 saturated carbocycles. The molecule has 0 bridgehead atoms. The normalized spacial score (nSPS) is 16.9. The quantitative estimate of drug-likeness (QED) is 0.768. The third-order valence-electron chi connectivity index (χ3n) is 2.67. The second-order valence-electron chi connectivity index (χ2n) is 3.86. The van der Waals surface area contributed by atoms with E-state index in [9.17, 15) is 4.79 Å². The first-order chi connectivity index (χ1) is 7.79. The lowest BCUT2D eigenvalue weighted by Crippen LogP contribution is -2.39. The molecule has 0 atom stereocenters. The first-order valence-electron chi connectivity index (χ1n) is 5.55. The van der Waals surface area contributed by atoms with Crippen LogP contribution < -0.4 is 16.2 Å². The topological polar surface area (TPSA) is 71.2 Å². The van der Waals surface area contributed by atoms with E-state index in [4.69, 9.17) is 5.73 Å². The Labute approximate surface area is 94.6 Å². The van der Waals surface area contributed by atoms with Crippen LogP contribution in [0.4, 0.5) is 5.82 Å². The predicted octanol–water partition coefficient (Wildman–Crippen LogP) is 0.675. The molecular weight excluding hydrogens is 204 g/mol. The number of nitrogens with zero attached hydrogens (tertiary/aromatic N) is 2. The number of hydrogen-bond acceptors (Lipinski definition) is 4. The number of amides is 1. The van der Waals surface area contributed by atoms with E-state index >= 15 is 0 Å². The number of anilines is 1. The molecule has 1 fully saturated rings. The summed E-state index contributed by atoms with van der Waals surface area (Å²) in [6, 6.07) is 3.43. The summed E-state index contributed by atoms with van der Waals surface area (Å²) < 4.78 is 0. The van der Waals surface area contributed by atoms with Gasteiger partial charge in [-0.05, 0) is 25.0 Å². The van der Waals surface area contributed by atoms with Crippen molar-refractivity contribution >= 4 is 11.7 Å². The highest BCUT2D eigenvalue weighted by Crippen LogP contribution is 2.17. The second kappa shape index (κ2) is 4.94. The number of rotatable bonds is 2. The molecule has 5 heteroatoms. The van der Waals surface area contributed by atoms with Gasteiger partial charge in [-0.1, -0.05) is 6.42 Å². The zero-order chi connectivity index (χ0) is 11.4. The summed E-state index contributed by atoms with van der Waals surface area (Å²) in [5.74, 6) is 0.200. The maximum absolute atomic E-state index is 11.3. The molecule has 0 aromatic carbocycles. The molecule has 3 N–H and O–H groups in total. The van der Waals surface area contributed by atoms with Gasteiger partial charge in [0.1, 0.15) is 0 Å². The van der Waals surface area contributed by atoms with Gasteiger partial charge in [0.2, 0.25) is 0 Å². The standard InChI is InChI=1S/C11H16N4O/c12-10(16)9-5-4-6-13-11(9)15-8-3-1-2-7-14-15/h4-6,14H,1-3,7-8H2,(H2,12,16). The van der Waals surface area contributed by atoms with Crippen molar-refractivity contribution in [3.63, 3.8) is 0 Å². The van der Waals surface area contributed by atoms with Gasteiger partial charge in [-0.15, -0.1) is 0 Å². The Kier molecular flexibility index (Phi) is 3.36. The molecule has 0 spiro atoms. The fourth-order valence-electron chi connectivity index (χ4n) is 1.85. The molecule has 0 radical (unpaired) electrons. The molecule has 0 aliphatic carbocycles. The third kappa shape index (κ3) is 2.30. The maximum atomic E-state index is 11.3. The molecule has 1 amide bonds. The van der Waals surface area contributed by atoms with E-state index in [-0.39, 0.29) is 0 Å². The summed E-state index contributed by atoms with van der Waals surface area (Å²) in [5, 5.41) is 1.92. The lowest BCUT2D eigenvalue weighted by molar-refractivity contribution is 0.100. The number of hydrazine groups is 1. The van der Waals surface area contributed by atoms with Crippen LogP contribution >= 0.6 is 0 Å². The van der Waals surface area contributed by atoms with E-state index in [2.05, 4.69) is 10.4 Å². The minimum absolute atomic E-state index is 0.436. The number of pyridine rings is 1. The Hall–Kier alpha value is -1.62. The minimum Gasteiger partial charge on any atom is -0.365 e. The molecule has 2 heterocycles. The zero-order valence-electron chi connectivity index (χ0n) is 9.15. The first-order valence-corrected chi connectivity index (χ1v) is 5.55. The number of carbonyl (C=O) groups excluding carboxylic acids is 1. The summed E-state index contributed by atoms with van der Waals surface area (Å²) in [5.41, 5.74) is 9.05. The van der Waals surface area contributed by atoms with Gasteiger partial charge >= 0.3 is 0 Å². The SMILES string of the molecule is NC(=O)c1cccnc1N1CCCCCN1. The number of primary amides is 1. The Morgan fingerprint density at radius 2 is 2.31 bits per heavy atom. The number of carbonyl (C=O) groups is 1. The number of nitrogens with two attached hydrogens (primary N) is 1. The molecule has 5 nitrogen and oxygen atoms in total. The molecule has 1 aromatic heterocycles. The van der Waals surface area contributed by atoms with Crippen LogP contribution in [-0.4, -0.2) is 24.0 Å². The smallest absolute Gasteiger partial charge is 0.252 e. The fraction of sp³-hybridized carbons (Fsp3) is 0.455. The minimum atomic E-state index is -0.436. The van der Waals surface area contributed by atoms with E-state index in [1.165, 1.54) is 6.42 Å². The van der Waals surface area contributed by atoms with E-state index in [1.54, 1.807) is 18.3 Å². The first kappa shape index (κ1) is 10.9. The van der Waals surface area contributed by atoms with Crippen molar-refractivity contribution in [3.8, 4) is 0 Å². The lowest BCUT2D eigenvalue weighted by Gasteiger charge is -2.23. The predicted molar refractivity (Wildman–Crippen MR) is 62.0 cm³/mol. The zero-order valence-corrected chi connectivity index (χ0v) is 9.15. The number of aromatic nitrogens is 1. The van der Waals surface area contributed by atoms with Crippen molar-refractivity contribution in [3.05, 3.63) is 23.9 Å². The van der Waals surface area contributed by atoms with Crippen LogP contribution in [-0.2, 0) is 0 Å². The molecule has 1 aliphatic heterocycles. The van der Waals surface area contributed by atoms with Crippen LogP contribution in [0.5, 0.6) is 0 Å². The van der Waals surface area contributed by atoms with Crippen LogP contribution in [0.15, 0.2) is 18.3 Å². The van der Waals surface area contributed by atoms with Crippen molar-refractivity contribution < 1.29 is 4.79 Å². The fourth-order valence-corrected chi connectivity index (χ4v) is 1.85. The van der Waals surface area contributed by atoms with Crippen LogP contribution in [0.2, 0.25) is 0 Å². The van der Waals surface area contributed by atoms with Crippen LogP contribution in [0, 0.1) is 0 Å². The van der Waals surface area contributed by atoms with Gasteiger partial charge in [0.15, 0.2) is 5.82 Å². The van der Waals surface area contributed by atoms with Gasteiger partial charge in [0, 0.05) is 19.3 Å².